The van der Waals surface area contributed by atoms with Crippen molar-refractivity contribution in [2.75, 3.05) is 7.11 Å². The fraction of sp³-hybridized carbons (Fsp3) is 0.222. The smallest absolute Gasteiger partial charge is 0.315 e. The Morgan fingerprint density at radius 2 is 2.08 bits per heavy atom. The van der Waals surface area contributed by atoms with Gasteiger partial charge in [0.25, 0.3) is 5.91 Å². The number of fused-ring (bicyclic) bond motifs is 2. The van der Waals surface area contributed by atoms with E-state index in [1.165, 1.54) is 18.4 Å². The number of rotatable bonds is 3. The van der Waals surface area contributed by atoms with E-state index in [4.69, 9.17) is 27.9 Å². The zero-order chi connectivity index (χ0) is 18.4. The molecule has 3 aromatic rings. The molecule has 8 heteroatoms. The Kier molecular flexibility index (Phi) is 4.42. The van der Waals surface area contributed by atoms with Gasteiger partial charge in [0.05, 0.1) is 28.4 Å². The third-order valence-corrected chi connectivity index (χ3v) is 6.55. The number of hydrogen-bond donors (Lipinski definition) is 2. The molecule has 5 nitrogen and oxygen atoms in total. The lowest BCUT2D eigenvalue weighted by Gasteiger charge is -2.19. The molecule has 0 radical (unpaired) electrons. The monoisotopic (exact) mass is 408 g/mol. The molecule has 0 spiro atoms. The van der Waals surface area contributed by atoms with E-state index in [0.717, 1.165) is 15.8 Å². The third kappa shape index (κ3) is 2.78. The second kappa shape index (κ2) is 6.61. The van der Waals surface area contributed by atoms with E-state index in [9.17, 15) is 9.59 Å². The topological polar surface area (TPSA) is 71.2 Å². The zero-order valence-electron chi connectivity index (χ0n) is 13.6. The molecule has 1 aliphatic rings. The van der Waals surface area contributed by atoms with Gasteiger partial charge in [0.15, 0.2) is 0 Å². The van der Waals surface area contributed by atoms with Crippen LogP contribution in [0.25, 0.3) is 10.2 Å². The average molecular weight is 409 g/mol. The van der Waals surface area contributed by atoms with Gasteiger partial charge in [0.1, 0.15) is 15.9 Å². The van der Waals surface area contributed by atoms with Crippen molar-refractivity contribution >= 4 is 56.6 Å². The minimum Gasteiger partial charge on any atom is -0.468 e. The predicted octanol–water partition coefficient (Wildman–Crippen LogP) is 4.15. The van der Waals surface area contributed by atoms with Crippen LogP contribution in [0.2, 0.25) is 9.36 Å². The summed E-state index contributed by atoms with van der Waals surface area (Å²) in [6, 6.07) is 9.00. The maximum Gasteiger partial charge on any atom is 0.315 e. The number of hydrogen-bond acceptors (Lipinski definition) is 4. The highest BCUT2D eigenvalue weighted by Crippen LogP contribution is 2.39. The van der Waals surface area contributed by atoms with Crippen LogP contribution < -0.4 is 5.32 Å². The molecular formula is C18H14Cl2N2O3S. The highest BCUT2D eigenvalue weighted by molar-refractivity contribution is 7.23. The summed E-state index contributed by atoms with van der Waals surface area (Å²) in [6.07, 6.45) is 0.573. The molecule has 0 unspecified atom stereocenters. The number of benzene rings is 1. The van der Waals surface area contributed by atoms with Crippen LogP contribution in [-0.4, -0.2) is 30.0 Å². The molecule has 0 saturated carbocycles. The van der Waals surface area contributed by atoms with Gasteiger partial charge >= 0.3 is 5.97 Å². The minimum atomic E-state index is -0.519. The molecule has 4 rings (SSSR count). The fourth-order valence-corrected chi connectivity index (χ4v) is 4.92. The summed E-state index contributed by atoms with van der Waals surface area (Å²) >= 11 is 13.4. The Morgan fingerprint density at radius 3 is 2.81 bits per heavy atom. The quantitative estimate of drug-likeness (QED) is 0.639. The molecule has 0 saturated heterocycles. The number of aromatic amines is 1. The van der Waals surface area contributed by atoms with Crippen LogP contribution in [0, 0.1) is 0 Å². The number of thiophene rings is 1. The van der Waals surface area contributed by atoms with Crippen molar-refractivity contribution in [2.24, 2.45) is 0 Å². The summed E-state index contributed by atoms with van der Waals surface area (Å²) in [4.78, 5) is 28.0. The van der Waals surface area contributed by atoms with E-state index >= 15 is 0 Å². The van der Waals surface area contributed by atoms with E-state index in [2.05, 4.69) is 10.3 Å². The number of amides is 1. The van der Waals surface area contributed by atoms with Crippen molar-refractivity contribution in [3.05, 3.63) is 56.5 Å². The standard InChI is InChI=1S/C18H14Cl2N2O3S/c1-25-18(24)13-9-5-3-2-4-8(9)6-10(13)22-17(23)11-7-12-15(21-11)14(19)16(20)26-12/h2-5,7,10,13,21H,6H2,1H3,(H,22,23)/t10-,13-/m1/s1. The summed E-state index contributed by atoms with van der Waals surface area (Å²) in [5.74, 6) is -1.18. The highest BCUT2D eigenvalue weighted by atomic mass is 35.5. The number of methoxy groups -OCH3 is 1. The number of esters is 1. The first kappa shape index (κ1) is 17.4. The normalized spacial score (nSPS) is 18.7. The summed E-state index contributed by atoms with van der Waals surface area (Å²) in [5, 5.41) is 3.36. The van der Waals surface area contributed by atoms with Gasteiger partial charge in [-0.3, -0.25) is 9.59 Å². The van der Waals surface area contributed by atoms with Crippen LogP contribution in [-0.2, 0) is 16.0 Å². The van der Waals surface area contributed by atoms with Gasteiger partial charge in [-0.15, -0.1) is 11.3 Å². The lowest BCUT2D eigenvalue weighted by molar-refractivity contribution is -0.142. The van der Waals surface area contributed by atoms with E-state index in [-0.39, 0.29) is 17.9 Å². The number of ether oxygens (including phenoxy) is 1. The molecule has 2 N–H and O–H groups in total. The summed E-state index contributed by atoms with van der Waals surface area (Å²) < 4.78 is 6.24. The van der Waals surface area contributed by atoms with Crippen LogP contribution in [0.5, 0.6) is 0 Å². The number of carbonyl (C=O) groups excluding carboxylic acids is 2. The second-order valence-electron chi connectivity index (χ2n) is 6.10. The number of aromatic nitrogens is 1. The highest BCUT2D eigenvalue weighted by Gasteiger charge is 2.39. The Balaban J connectivity index is 1.60. The number of H-pyrrole nitrogens is 1. The van der Waals surface area contributed by atoms with Gasteiger partial charge in [0.2, 0.25) is 0 Å². The number of carbonyl (C=O) groups is 2. The van der Waals surface area contributed by atoms with Gasteiger partial charge in [-0.25, -0.2) is 0 Å². The van der Waals surface area contributed by atoms with Crippen LogP contribution in [0.1, 0.15) is 27.5 Å². The van der Waals surface area contributed by atoms with E-state index in [0.29, 0.717) is 27.0 Å². The number of nitrogens with one attached hydrogen (secondary N) is 2. The van der Waals surface area contributed by atoms with Gasteiger partial charge in [-0.2, -0.15) is 0 Å². The molecule has 1 aromatic carbocycles. The molecular weight excluding hydrogens is 395 g/mol. The molecule has 26 heavy (non-hydrogen) atoms. The first-order valence-corrected chi connectivity index (χ1v) is 9.50. The average Bonchev–Trinajstić information content (AvgIpc) is 3.27. The van der Waals surface area contributed by atoms with Gasteiger partial charge < -0.3 is 15.0 Å². The summed E-state index contributed by atoms with van der Waals surface area (Å²) in [5.41, 5.74) is 2.96. The Hall–Kier alpha value is -2.02. The maximum absolute atomic E-state index is 12.7. The molecule has 134 valence electrons. The lowest BCUT2D eigenvalue weighted by Crippen LogP contribution is -2.40. The van der Waals surface area contributed by atoms with Crippen molar-refractivity contribution in [3.8, 4) is 0 Å². The largest absolute Gasteiger partial charge is 0.468 e. The first-order chi connectivity index (χ1) is 12.5. The molecule has 1 aliphatic carbocycles. The van der Waals surface area contributed by atoms with Crippen molar-refractivity contribution in [1.29, 1.82) is 0 Å². The third-order valence-electron chi connectivity index (χ3n) is 4.62. The van der Waals surface area contributed by atoms with Crippen LogP contribution in [0.15, 0.2) is 30.3 Å². The van der Waals surface area contributed by atoms with Crippen molar-refractivity contribution in [3.63, 3.8) is 0 Å². The Morgan fingerprint density at radius 1 is 1.31 bits per heavy atom. The van der Waals surface area contributed by atoms with Crippen LogP contribution in [0.3, 0.4) is 0 Å². The molecule has 0 fully saturated rings. The van der Waals surface area contributed by atoms with Crippen molar-refractivity contribution in [2.45, 2.75) is 18.4 Å². The zero-order valence-corrected chi connectivity index (χ0v) is 16.0. The fourth-order valence-electron chi connectivity index (χ4n) is 3.43. The van der Waals surface area contributed by atoms with Crippen LogP contribution in [0.4, 0.5) is 0 Å². The molecule has 0 bridgehead atoms. The number of halogens is 2. The summed E-state index contributed by atoms with van der Waals surface area (Å²) in [6.45, 7) is 0. The Bertz CT molecular complexity index is 1030. The van der Waals surface area contributed by atoms with Crippen molar-refractivity contribution in [1.82, 2.24) is 10.3 Å². The summed E-state index contributed by atoms with van der Waals surface area (Å²) in [7, 11) is 1.35. The maximum atomic E-state index is 12.7. The molecule has 2 aromatic heterocycles. The van der Waals surface area contributed by atoms with Gasteiger partial charge in [-0.1, -0.05) is 47.5 Å². The molecule has 0 aliphatic heterocycles. The van der Waals surface area contributed by atoms with Crippen LogP contribution >= 0.6 is 34.5 Å². The first-order valence-electron chi connectivity index (χ1n) is 7.92. The second-order valence-corrected chi connectivity index (χ2v) is 8.13. The SMILES string of the molecule is COC(=O)[C@@H]1c2ccccc2C[C@H]1NC(=O)c1cc2sc(Cl)c(Cl)c2[nH]1. The van der Waals surface area contributed by atoms with E-state index in [1.807, 2.05) is 24.3 Å². The van der Waals surface area contributed by atoms with Gasteiger partial charge in [-0.05, 0) is 23.6 Å². The Labute approximate surface area is 163 Å². The molecule has 2 heterocycles. The van der Waals surface area contributed by atoms with E-state index < -0.39 is 5.92 Å². The molecule has 1 amide bonds. The minimum absolute atomic E-state index is 0.299. The van der Waals surface area contributed by atoms with Gasteiger partial charge in [0, 0.05) is 0 Å². The predicted molar refractivity (Wildman–Crippen MR) is 102 cm³/mol. The molecule has 2 atom stereocenters. The van der Waals surface area contributed by atoms with Crippen molar-refractivity contribution < 1.29 is 14.3 Å². The van der Waals surface area contributed by atoms with E-state index in [1.54, 1.807) is 6.07 Å². The lowest BCUT2D eigenvalue weighted by atomic mass is 9.98.